The van der Waals surface area contributed by atoms with Gasteiger partial charge < -0.3 is 5.73 Å². The van der Waals surface area contributed by atoms with E-state index in [0.29, 0.717) is 0 Å². The van der Waals surface area contributed by atoms with Gasteiger partial charge in [-0.2, -0.15) is 0 Å². The Hall–Kier alpha value is -0.340. The van der Waals surface area contributed by atoms with Crippen LogP contribution >= 0.6 is 11.3 Å². The first-order valence-electron chi connectivity index (χ1n) is 8.97. The lowest BCUT2D eigenvalue weighted by Gasteiger charge is -2.09. The first kappa shape index (κ1) is 18.7. The van der Waals surface area contributed by atoms with Crippen LogP contribution in [0.15, 0.2) is 6.07 Å². The summed E-state index contributed by atoms with van der Waals surface area (Å²) in [5.74, 6) is 0. The van der Waals surface area contributed by atoms with Crippen molar-refractivity contribution < 1.29 is 0 Å². The van der Waals surface area contributed by atoms with Gasteiger partial charge in [0, 0.05) is 15.8 Å². The fraction of sp³-hybridized carbons (Fsp3) is 0.789. The molecule has 0 radical (unpaired) electrons. The summed E-state index contributed by atoms with van der Waals surface area (Å²) < 4.78 is 0. The number of hydrogen-bond acceptors (Lipinski definition) is 2. The molecule has 0 aliphatic rings. The quantitative estimate of drug-likeness (QED) is 0.428. The Balaban J connectivity index is 1.96. The van der Waals surface area contributed by atoms with E-state index in [2.05, 4.69) is 26.8 Å². The zero-order chi connectivity index (χ0) is 15.5. The molecule has 2 N–H and O–H groups in total. The Morgan fingerprint density at radius 2 is 1.43 bits per heavy atom. The summed E-state index contributed by atoms with van der Waals surface area (Å²) in [5, 5.41) is 0. The Morgan fingerprint density at radius 1 is 0.905 bits per heavy atom. The molecule has 0 saturated heterocycles. The molecule has 122 valence electrons. The van der Waals surface area contributed by atoms with Crippen LogP contribution in [0.5, 0.6) is 0 Å². The highest BCUT2D eigenvalue weighted by molar-refractivity contribution is 7.12. The fourth-order valence-electron chi connectivity index (χ4n) is 2.78. The van der Waals surface area contributed by atoms with Crippen LogP contribution in [0.1, 0.15) is 98.9 Å². The van der Waals surface area contributed by atoms with Crippen molar-refractivity contribution in [2.45, 2.75) is 97.4 Å². The van der Waals surface area contributed by atoms with Crippen molar-refractivity contribution in [2.24, 2.45) is 5.73 Å². The summed E-state index contributed by atoms with van der Waals surface area (Å²) in [4.78, 5) is 2.80. The van der Waals surface area contributed by atoms with E-state index >= 15 is 0 Å². The molecule has 0 aliphatic heterocycles. The van der Waals surface area contributed by atoms with Crippen LogP contribution in [0.3, 0.4) is 0 Å². The van der Waals surface area contributed by atoms with Crippen molar-refractivity contribution in [3.05, 3.63) is 21.4 Å². The number of hydrogen-bond donors (Lipinski definition) is 1. The lowest BCUT2D eigenvalue weighted by atomic mass is 10.0. The molecule has 1 heterocycles. The zero-order valence-electron chi connectivity index (χ0n) is 14.4. The van der Waals surface area contributed by atoms with E-state index in [-0.39, 0.29) is 6.04 Å². The Morgan fingerprint density at radius 3 is 1.90 bits per heavy atom. The van der Waals surface area contributed by atoms with E-state index in [1.54, 1.807) is 0 Å². The summed E-state index contributed by atoms with van der Waals surface area (Å²) >= 11 is 1.88. The molecule has 1 nitrogen and oxygen atoms in total. The number of thiophene rings is 1. The lowest BCUT2D eigenvalue weighted by Crippen LogP contribution is -2.08. The van der Waals surface area contributed by atoms with E-state index in [1.807, 2.05) is 11.3 Å². The smallest absolute Gasteiger partial charge is 0.0389 e. The van der Waals surface area contributed by atoms with E-state index in [4.69, 9.17) is 5.73 Å². The number of rotatable bonds is 12. The minimum absolute atomic E-state index is 0.261. The molecule has 1 unspecified atom stereocenters. The van der Waals surface area contributed by atoms with Crippen molar-refractivity contribution in [3.8, 4) is 0 Å². The highest BCUT2D eigenvalue weighted by atomic mass is 32.1. The van der Waals surface area contributed by atoms with E-state index in [1.165, 1.54) is 79.5 Å². The van der Waals surface area contributed by atoms with Gasteiger partial charge in [-0.05, 0) is 31.9 Å². The molecule has 1 rings (SSSR count). The number of aryl methyl sites for hydroxylation is 2. The van der Waals surface area contributed by atoms with Crippen LogP contribution in [0.25, 0.3) is 0 Å². The highest BCUT2D eigenvalue weighted by Gasteiger charge is 2.09. The molecular formula is C19H35NS. The maximum Gasteiger partial charge on any atom is 0.0389 e. The van der Waals surface area contributed by atoms with Gasteiger partial charge in [-0.25, -0.2) is 0 Å². The average Bonchev–Trinajstić information content (AvgIpc) is 2.80. The summed E-state index contributed by atoms with van der Waals surface area (Å²) in [6.07, 6.45) is 15.1. The largest absolute Gasteiger partial charge is 0.323 e. The Bertz CT molecular complexity index is 350. The third-order valence-electron chi connectivity index (χ3n) is 4.42. The van der Waals surface area contributed by atoms with Crippen molar-refractivity contribution in [1.82, 2.24) is 0 Å². The summed E-state index contributed by atoms with van der Waals surface area (Å²) in [6.45, 7) is 6.66. The average molecular weight is 310 g/mol. The van der Waals surface area contributed by atoms with Crippen LogP contribution in [-0.2, 0) is 0 Å². The second-order valence-electron chi connectivity index (χ2n) is 6.47. The van der Waals surface area contributed by atoms with E-state index in [9.17, 15) is 0 Å². The predicted octanol–water partition coefficient (Wildman–Crippen LogP) is 6.68. The van der Waals surface area contributed by atoms with E-state index < -0.39 is 0 Å². The molecule has 1 atom stereocenters. The standard InChI is InChI=1S/C19H35NS/c1-4-5-6-7-8-9-10-11-12-13-14-18(20)19-15-16(2)17(3)21-19/h15,18H,4-14,20H2,1-3H3. The number of nitrogens with two attached hydrogens (primary N) is 1. The lowest BCUT2D eigenvalue weighted by molar-refractivity contribution is 0.531. The number of unbranched alkanes of at least 4 members (excludes halogenated alkanes) is 9. The third-order valence-corrected chi connectivity index (χ3v) is 5.70. The second-order valence-corrected chi connectivity index (χ2v) is 7.75. The third kappa shape index (κ3) is 8.01. The molecule has 1 aromatic heterocycles. The van der Waals surface area contributed by atoms with Gasteiger partial charge in [-0.15, -0.1) is 11.3 Å². The van der Waals surface area contributed by atoms with Gasteiger partial charge >= 0.3 is 0 Å². The van der Waals surface area contributed by atoms with Crippen LogP contribution in [0.4, 0.5) is 0 Å². The van der Waals surface area contributed by atoms with Gasteiger partial charge in [-0.3, -0.25) is 0 Å². The second kappa shape index (κ2) is 11.3. The monoisotopic (exact) mass is 309 g/mol. The van der Waals surface area contributed by atoms with Gasteiger partial charge in [0.15, 0.2) is 0 Å². The van der Waals surface area contributed by atoms with Crippen molar-refractivity contribution >= 4 is 11.3 Å². The zero-order valence-corrected chi connectivity index (χ0v) is 15.2. The summed E-state index contributed by atoms with van der Waals surface area (Å²) in [7, 11) is 0. The van der Waals surface area contributed by atoms with Crippen molar-refractivity contribution in [3.63, 3.8) is 0 Å². The summed E-state index contributed by atoms with van der Waals surface area (Å²) in [6, 6.07) is 2.54. The first-order valence-corrected chi connectivity index (χ1v) is 9.79. The molecular weight excluding hydrogens is 274 g/mol. The topological polar surface area (TPSA) is 26.0 Å². The SMILES string of the molecule is CCCCCCCCCCCCC(N)c1cc(C)c(C)s1. The van der Waals surface area contributed by atoms with Gasteiger partial charge in [0.25, 0.3) is 0 Å². The van der Waals surface area contributed by atoms with Gasteiger partial charge in [-0.1, -0.05) is 71.1 Å². The molecule has 2 heteroatoms. The molecule has 0 bridgehead atoms. The molecule has 0 spiro atoms. The van der Waals surface area contributed by atoms with Crippen LogP contribution in [0, 0.1) is 13.8 Å². The van der Waals surface area contributed by atoms with Gasteiger partial charge in [0.05, 0.1) is 0 Å². The maximum atomic E-state index is 6.30. The summed E-state index contributed by atoms with van der Waals surface area (Å²) in [5.41, 5.74) is 7.69. The molecule has 21 heavy (non-hydrogen) atoms. The van der Waals surface area contributed by atoms with Crippen molar-refractivity contribution in [1.29, 1.82) is 0 Å². The first-order chi connectivity index (χ1) is 10.1. The van der Waals surface area contributed by atoms with Gasteiger partial charge in [0.1, 0.15) is 0 Å². The minimum Gasteiger partial charge on any atom is -0.323 e. The van der Waals surface area contributed by atoms with Crippen LogP contribution in [-0.4, -0.2) is 0 Å². The molecule has 0 amide bonds. The van der Waals surface area contributed by atoms with Crippen molar-refractivity contribution in [2.75, 3.05) is 0 Å². The molecule has 0 fully saturated rings. The fourth-order valence-corrected chi connectivity index (χ4v) is 3.86. The molecule has 0 saturated carbocycles. The van der Waals surface area contributed by atoms with Crippen LogP contribution < -0.4 is 5.73 Å². The molecule has 0 aliphatic carbocycles. The Labute approximate surface area is 136 Å². The maximum absolute atomic E-state index is 6.30. The Kier molecular flexibility index (Phi) is 10.0. The highest BCUT2D eigenvalue weighted by Crippen LogP contribution is 2.28. The van der Waals surface area contributed by atoms with Gasteiger partial charge in [0.2, 0.25) is 0 Å². The van der Waals surface area contributed by atoms with E-state index in [0.717, 1.165) is 6.42 Å². The van der Waals surface area contributed by atoms with Crippen LogP contribution in [0.2, 0.25) is 0 Å². The normalized spacial score (nSPS) is 12.8. The predicted molar refractivity (Wildman–Crippen MR) is 97.2 cm³/mol. The molecule has 1 aromatic rings. The minimum atomic E-state index is 0.261. The molecule has 0 aromatic carbocycles.